The van der Waals surface area contributed by atoms with Gasteiger partial charge in [0.1, 0.15) is 0 Å². The molecule has 0 radical (unpaired) electrons. The van der Waals surface area contributed by atoms with Crippen LogP contribution in [-0.4, -0.2) is 18.1 Å². The summed E-state index contributed by atoms with van der Waals surface area (Å²) >= 11 is 6.08. The number of nitriles is 1. The van der Waals surface area contributed by atoms with Crippen molar-refractivity contribution in [1.82, 2.24) is 4.98 Å². The van der Waals surface area contributed by atoms with Crippen molar-refractivity contribution in [3.05, 3.63) is 64.3 Å². The van der Waals surface area contributed by atoms with Gasteiger partial charge in [0, 0.05) is 34.4 Å². The molecule has 0 bridgehead atoms. The fourth-order valence-electron chi connectivity index (χ4n) is 3.12. The van der Waals surface area contributed by atoms with Crippen molar-refractivity contribution < 1.29 is 19.0 Å². The molecule has 0 spiro atoms. The molecule has 1 unspecified atom stereocenters. The molecule has 28 heavy (non-hydrogen) atoms. The van der Waals surface area contributed by atoms with E-state index in [9.17, 15) is 14.5 Å². The molecule has 0 saturated heterocycles. The van der Waals surface area contributed by atoms with E-state index in [1.165, 1.54) is 19.3 Å². The van der Waals surface area contributed by atoms with Gasteiger partial charge in [-0.2, -0.15) is 5.26 Å². The number of benzene rings is 2. The van der Waals surface area contributed by atoms with E-state index in [0.717, 1.165) is 5.56 Å². The Labute approximate surface area is 166 Å². The van der Waals surface area contributed by atoms with Gasteiger partial charge in [-0.05, 0) is 54.5 Å². The lowest BCUT2D eigenvalue weighted by Crippen LogP contribution is -2.30. The molecule has 1 heterocycles. The Balaban J connectivity index is 2.36. The second-order valence-corrected chi connectivity index (χ2v) is 8.99. The van der Waals surface area contributed by atoms with Crippen molar-refractivity contribution in [3.63, 3.8) is 0 Å². The summed E-state index contributed by atoms with van der Waals surface area (Å²) in [6.07, 6.45) is 2.87. The third-order valence-electron chi connectivity index (χ3n) is 4.26. The standard InChI is InChI=1S/C20H16ClN2O4P/c1-12-8-13(4-3-7-22)10-15(9-12)28(26,27-2)19-16-11-14(21)5-6-17(16)23-18(19)20(24)25/h3-6,8-11,23H,1-2H3,(H,24,25)/p-1/b4-3+. The molecule has 6 nitrogen and oxygen atoms in total. The molecule has 1 aromatic heterocycles. The second-order valence-electron chi connectivity index (χ2n) is 6.12. The molecule has 0 saturated carbocycles. The zero-order chi connectivity index (χ0) is 20.5. The quantitative estimate of drug-likeness (QED) is 0.511. The van der Waals surface area contributed by atoms with Gasteiger partial charge in [-0.1, -0.05) is 17.7 Å². The highest BCUT2D eigenvalue weighted by molar-refractivity contribution is 7.75. The molecular weight excluding hydrogens is 399 g/mol. The van der Waals surface area contributed by atoms with Crippen molar-refractivity contribution >= 4 is 52.5 Å². The van der Waals surface area contributed by atoms with Crippen molar-refractivity contribution in [2.45, 2.75) is 6.92 Å². The van der Waals surface area contributed by atoms with Gasteiger partial charge in [0.2, 0.25) is 0 Å². The highest BCUT2D eigenvalue weighted by Crippen LogP contribution is 2.47. The first-order valence-electron chi connectivity index (χ1n) is 8.17. The number of carboxylic acids is 1. The first-order valence-corrected chi connectivity index (χ1v) is 10.2. The number of fused-ring (bicyclic) bond motifs is 1. The van der Waals surface area contributed by atoms with Crippen LogP contribution in [0.15, 0.2) is 42.5 Å². The van der Waals surface area contributed by atoms with E-state index in [2.05, 4.69) is 4.98 Å². The maximum atomic E-state index is 14.0. The molecule has 0 aliphatic carbocycles. The number of aryl methyl sites for hydroxylation is 1. The van der Waals surface area contributed by atoms with Crippen LogP contribution in [0.4, 0.5) is 0 Å². The second kappa shape index (κ2) is 7.65. The zero-order valence-corrected chi connectivity index (χ0v) is 16.7. The van der Waals surface area contributed by atoms with Gasteiger partial charge in [0.05, 0.1) is 23.0 Å². The van der Waals surface area contributed by atoms with Gasteiger partial charge in [0.15, 0.2) is 0 Å². The van der Waals surface area contributed by atoms with Crippen LogP contribution in [0.5, 0.6) is 0 Å². The highest BCUT2D eigenvalue weighted by atomic mass is 35.5. The lowest BCUT2D eigenvalue weighted by atomic mass is 10.1. The van der Waals surface area contributed by atoms with E-state index in [1.54, 1.807) is 37.3 Å². The molecule has 2 aromatic carbocycles. The van der Waals surface area contributed by atoms with E-state index < -0.39 is 13.3 Å². The average Bonchev–Trinajstić information content (AvgIpc) is 3.04. The van der Waals surface area contributed by atoms with Crippen molar-refractivity contribution in [3.8, 4) is 6.07 Å². The van der Waals surface area contributed by atoms with Gasteiger partial charge >= 0.3 is 0 Å². The molecule has 3 aromatic rings. The number of carboxylic acid groups (broad SMARTS) is 1. The number of nitrogens with zero attached hydrogens (tertiary/aromatic N) is 1. The van der Waals surface area contributed by atoms with Gasteiger partial charge in [-0.15, -0.1) is 0 Å². The summed E-state index contributed by atoms with van der Waals surface area (Å²) in [5, 5.41) is 21.5. The molecule has 0 amide bonds. The Morgan fingerprint density at radius 1 is 1.32 bits per heavy atom. The van der Waals surface area contributed by atoms with Crippen molar-refractivity contribution in [2.24, 2.45) is 0 Å². The molecule has 0 aliphatic rings. The molecule has 1 atom stereocenters. The third-order valence-corrected chi connectivity index (χ3v) is 7.00. The predicted molar refractivity (Wildman–Crippen MR) is 107 cm³/mol. The first kappa shape index (κ1) is 19.9. The number of carbonyl (C=O) groups excluding carboxylic acids is 1. The van der Waals surface area contributed by atoms with Gasteiger partial charge in [-0.25, -0.2) is 0 Å². The number of hydrogen-bond acceptors (Lipinski definition) is 5. The number of aromatic amines is 1. The molecule has 3 rings (SSSR count). The average molecular weight is 414 g/mol. The number of halogens is 1. The summed E-state index contributed by atoms with van der Waals surface area (Å²) in [6.45, 7) is 1.80. The summed E-state index contributed by atoms with van der Waals surface area (Å²) in [5.41, 5.74) is 1.55. The van der Waals surface area contributed by atoms with Gasteiger partial charge in [0.25, 0.3) is 7.37 Å². The van der Waals surface area contributed by atoms with Crippen LogP contribution in [0, 0.1) is 18.3 Å². The minimum absolute atomic E-state index is 0.00619. The Hall–Kier alpha value is -2.84. The van der Waals surface area contributed by atoms with Crippen LogP contribution < -0.4 is 15.7 Å². The van der Waals surface area contributed by atoms with Crippen LogP contribution >= 0.6 is 19.0 Å². The number of carbonyl (C=O) groups is 1. The van der Waals surface area contributed by atoms with E-state index in [-0.39, 0.29) is 11.0 Å². The number of hydrogen-bond donors (Lipinski definition) is 1. The van der Waals surface area contributed by atoms with E-state index >= 15 is 0 Å². The van der Waals surface area contributed by atoms with Crippen molar-refractivity contribution in [2.75, 3.05) is 7.11 Å². The smallest absolute Gasteiger partial charge is 0.263 e. The van der Waals surface area contributed by atoms with Crippen LogP contribution in [0.3, 0.4) is 0 Å². The lowest BCUT2D eigenvalue weighted by Gasteiger charge is -2.19. The minimum Gasteiger partial charge on any atom is -0.543 e. The monoisotopic (exact) mass is 413 g/mol. The molecule has 142 valence electrons. The number of nitrogens with one attached hydrogen (secondary N) is 1. The molecular formula is C20H15ClN2O4P-. The van der Waals surface area contributed by atoms with Crippen LogP contribution in [-0.2, 0) is 9.09 Å². The summed E-state index contributed by atoms with van der Waals surface area (Å²) in [5.74, 6) is -1.50. The van der Waals surface area contributed by atoms with Crippen LogP contribution in [0.2, 0.25) is 5.02 Å². The van der Waals surface area contributed by atoms with Gasteiger partial charge < -0.3 is 19.4 Å². The van der Waals surface area contributed by atoms with Crippen LogP contribution in [0.1, 0.15) is 21.6 Å². The van der Waals surface area contributed by atoms with Gasteiger partial charge in [-0.3, -0.25) is 4.57 Å². The number of H-pyrrole nitrogens is 1. The molecule has 1 N–H and O–H groups in total. The highest BCUT2D eigenvalue weighted by Gasteiger charge is 2.34. The van der Waals surface area contributed by atoms with Crippen LogP contribution in [0.25, 0.3) is 17.0 Å². The molecule has 0 aliphatic heterocycles. The normalized spacial score (nSPS) is 13.5. The minimum atomic E-state index is -3.83. The Morgan fingerprint density at radius 2 is 2.07 bits per heavy atom. The summed E-state index contributed by atoms with van der Waals surface area (Å²) in [7, 11) is -2.57. The lowest BCUT2D eigenvalue weighted by molar-refractivity contribution is -0.255. The zero-order valence-electron chi connectivity index (χ0n) is 15.0. The number of aromatic nitrogens is 1. The SMILES string of the molecule is COP(=O)(c1cc(C)cc(/C=C/C#N)c1)c1c(C(=O)[O-])[nH]c2ccc(Cl)cc12. The Kier molecular flexibility index (Phi) is 5.44. The number of allylic oxidation sites excluding steroid dienone is 1. The van der Waals surface area contributed by atoms with E-state index in [4.69, 9.17) is 21.4 Å². The first-order chi connectivity index (χ1) is 13.3. The van der Waals surface area contributed by atoms with Crippen molar-refractivity contribution in [1.29, 1.82) is 5.26 Å². The number of rotatable bonds is 5. The summed E-state index contributed by atoms with van der Waals surface area (Å²) in [4.78, 5) is 14.5. The Bertz CT molecular complexity index is 1210. The summed E-state index contributed by atoms with van der Waals surface area (Å²) < 4.78 is 19.4. The molecule has 0 fully saturated rings. The van der Waals surface area contributed by atoms with E-state index in [0.29, 0.717) is 26.8 Å². The fraction of sp³-hybridized carbons (Fsp3) is 0.100. The maximum absolute atomic E-state index is 14.0. The predicted octanol–water partition coefficient (Wildman–Crippen LogP) is 2.91. The molecule has 8 heteroatoms. The fourth-order valence-corrected chi connectivity index (χ4v) is 5.58. The summed E-state index contributed by atoms with van der Waals surface area (Å²) in [6, 6.07) is 11.7. The maximum Gasteiger partial charge on any atom is 0.263 e. The third kappa shape index (κ3) is 3.48. The number of aromatic carboxylic acids is 1. The van der Waals surface area contributed by atoms with E-state index in [1.807, 2.05) is 12.1 Å². The Morgan fingerprint density at radius 3 is 2.71 bits per heavy atom. The topological polar surface area (TPSA) is 106 Å². The largest absolute Gasteiger partial charge is 0.543 e.